The van der Waals surface area contributed by atoms with Crippen LogP contribution in [0.1, 0.15) is 12.5 Å². The lowest BCUT2D eigenvalue weighted by molar-refractivity contribution is -0.119. The predicted octanol–water partition coefficient (Wildman–Crippen LogP) is 1.98. The SMILES string of the molecule is CNC(=O)NC(=O)[C@H](C)Sc1nnc(-c2cccc(C)c2)o1. The van der Waals surface area contributed by atoms with Crippen LogP contribution >= 0.6 is 11.8 Å². The highest BCUT2D eigenvalue weighted by Crippen LogP contribution is 2.26. The average Bonchev–Trinajstić information content (AvgIpc) is 2.95. The first kappa shape index (κ1) is 16.0. The highest BCUT2D eigenvalue weighted by atomic mass is 32.2. The lowest BCUT2D eigenvalue weighted by atomic mass is 10.1. The first-order chi connectivity index (χ1) is 10.5. The lowest BCUT2D eigenvalue weighted by Crippen LogP contribution is -2.41. The fraction of sp³-hybridized carbons (Fsp3) is 0.286. The Morgan fingerprint density at radius 1 is 1.32 bits per heavy atom. The Bertz CT molecular complexity index is 686. The van der Waals surface area contributed by atoms with Gasteiger partial charge in [0.1, 0.15) is 0 Å². The molecule has 8 heteroatoms. The summed E-state index contributed by atoms with van der Waals surface area (Å²) in [5.74, 6) is -0.0373. The summed E-state index contributed by atoms with van der Waals surface area (Å²) in [4.78, 5) is 22.9. The van der Waals surface area contributed by atoms with Crippen molar-refractivity contribution < 1.29 is 14.0 Å². The molecule has 22 heavy (non-hydrogen) atoms. The van der Waals surface area contributed by atoms with E-state index in [-0.39, 0.29) is 5.22 Å². The highest BCUT2D eigenvalue weighted by molar-refractivity contribution is 8.00. The minimum Gasteiger partial charge on any atom is -0.411 e. The van der Waals surface area contributed by atoms with E-state index in [0.717, 1.165) is 22.9 Å². The molecule has 1 aromatic carbocycles. The van der Waals surface area contributed by atoms with Gasteiger partial charge in [-0.3, -0.25) is 10.1 Å². The summed E-state index contributed by atoms with van der Waals surface area (Å²) in [5.41, 5.74) is 1.91. The molecule has 0 saturated heterocycles. The third-order valence-electron chi connectivity index (χ3n) is 2.78. The van der Waals surface area contributed by atoms with Crippen LogP contribution in [0.2, 0.25) is 0 Å². The lowest BCUT2D eigenvalue weighted by Gasteiger charge is -2.07. The van der Waals surface area contributed by atoms with Gasteiger partial charge in [0.15, 0.2) is 0 Å². The highest BCUT2D eigenvalue weighted by Gasteiger charge is 2.20. The number of rotatable bonds is 4. The molecule has 0 unspecified atom stereocenters. The largest absolute Gasteiger partial charge is 0.411 e. The van der Waals surface area contributed by atoms with Gasteiger partial charge >= 0.3 is 6.03 Å². The monoisotopic (exact) mass is 320 g/mol. The summed E-state index contributed by atoms with van der Waals surface area (Å²) in [5, 5.41) is 12.1. The van der Waals surface area contributed by atoms with E-state index < -0.39 is 17.2 Å². The zero-order chi connectivity index (χ0) is 16.1. The second kappa shape index (κ2) is 7.08. The molecule has 3 amide bonds. The Kier molecular flexibility index (Phi) is 5.16. The fourth-order valence-electron chi connectivity index (χ4n) is 1.63. The van der Waals surface area contributed by atoms with Crippen molar-refractivity contribution in [1.29, 1.82) is 0 Å². The van der Waals surface area contributed by atoms with Gasteiger partial charge in [-0.15, -0.1) is 10.2 Å². The first-order valence-electron chi connectivity index (χ1n) is 6.59. The molecule has 7 nitrogen and oxygen atoms in total. The van der Waals surface area contributed by atoms with Gasteiger partial charge in [-0.25, -0.2) is 4.79 Å². The summed E-state index contributed by atoms with van der Waals surface area (Å²) in [6.07, 6.45) is 0. The van der Waals surface area contributed by atoms with Gasteiger partial charge in [0.25, 0.3) is 5.22 Å². The van der Waals surface area contributed by atoms with E-state index in [1.165, 1.54) is 7.05 Å². The van der Waals surface area contributed by atoms with E-state index in [4.69, 9.17) is 4.42 Å². The van der Waals surface area contributed by atoms with Crippen molar-refractivity contribution >= 4 is 23.7 Å². The number of amides is 3. The van der Waals surface area contributed by atoms with E-state index in [1.54, 1.807) is 6.92 Å². The number of imide groups is 1. The predicted molar refractivity (Wildman–Crippen MR) is 82.4 cm³/mol. The van der Waals surface area contributed by atoms with Crippen LogP contribution in [0.4, 0.5) is 4.79 Å². The zero-order valence-corrected chi connectivity index (χ0v) is 13.2. The normalized spacial score (nSPS) is 11.8. The number of aromatic nitrogens is 2. The van der Waals surface area contributed by atoms with Crippen LogP contribution in [-0.4, -0.2) is 34.4 Å². The Hall–Kier alpha value is -2.35. The van der Waals surface area contributed by atoms with E-state index in [9.17, 15) is 9.59 Å². The number of carbonyl (C=O) groups is 2. The molecule has 0 fully saturated rings. The molecule has 1 heterocycles. The minimum atomic E-state index is -0.552. The van der Waals surface area contributed by atoms with Gasteiger partial charge in [-0.2, -0.15) is 0 Å². The van der Waals surface area contributed by atoms with E-state index >= 15 is 0 Å². The van der Waals surface area contributed by atoms with Gasteiger partial charge in [-0.05, 0) is 26.0 Å². The van der Waals surface area contributed by atoms with Crippen molar-refractivity contribution in [1.82, 2.24) is 20.8 Å². The topological polar surface area (TPSA) is 97.1 Å². The Balaban J connectivity index is 2.03. The van der Waals surface area contributed by atoms with Crippen molar-refractivity contribution in [3.8, 4) is 11.5 Å². The van der Waals surface area contributed by atoms with Crippen LogP contribution in [0.15, 0.2) is 33.9 Å². The number of benzene rings is 1. The molecule has 2 aromatic rings. The molecule has 0 saturated carbocycles. The van der Waals surface area contributed by atoms with E-state index in [0.29, 0.717) is 5.89 Å². The molecule has 0 radical (unpaired) electrons. The molecule has 0 aliphatic carbocycles. The molecule has 0 bridgehead atoms. The maximum absolute atomic E-state index is 11.8. The number of hydrogen-bond acceptors (Lipinski definition) is 6. The number of carbonyl (C=O) groups excluding carboxylic acids is 2. The molecule has 2 rings (SSSR count). The summed E-state index contributed by atoms with van der Waals surface area (Å²) in [6.45, 7) is 3.63. The third-order valence-corrected chi connectivity index (χ3v) is 3.72. The fourth-order valence-corrected chi connectivity index (χ4v) is 2.32. The quantitative estimate of drug-likeness (QED) is 0.836. The van der Waals surface area contributed by atoms with Crippen LogP contribution in [0, 0.1) is 6.92 Å². The van der Waals surface area contributed by atoms with Gasteiger partial charge in [-0.1, -0.05) is 29.5 Å². The van der Waals surface area contributed by atoms with Crippen LogP contribution in [0.3, 0.4) is 0 Å². The third kappa shape index (κ3) is 4.08. The molecule has 0 aliphatic heterocycles. The molecule has 2 N–H and O–H groups in total. The molecule has 1 atom stereocenters. The van der Waals surface area contributed by atoms with Crippen molar-refractivity contribution in [2.24, 2.45) is 0 Å². The standard InChI is InChI=1S/C14H16N4O3S/c1-8-5-4-6-10(7-8)12-17-18-14(21-12)22-9(2)11(19)16-13(20)15-3/h4-7,9H,1-3H3,(H2,15,16,19,20)/t9-/m0/s1. The maximum Gasteiger partial charge on any atom is 0.321 e. The van der Waals surface area contributed by atoms with E-state index in [1.807, 2.05) is 31.2 Å². The van der Waals surface area contributed by atoms with E-state index in [2.05, 4.69) is 20.8 Å². The van der Waals surface area contributed by atoms with Crippen molar-refractivity contribution in [3.63, 3.8) is 0 Å². The van der Waals surface area contributed by atoms with Crippen LogP contribution in [-0.2, 0) is 4.79 Å². The summed E-state index contributed by atoms with van der Waals surface area (Å²) in [7, 11) is 1.44. The smallest absolute Gasteiger partial charge is 0.321 e. The number of thioether (sulfide) groups is 1. The maximum atomic E-state index is 11.8. The Morgan fingerprint density at radius 2 is 2.09 bits per heavy atom. The molecular weight excluding hydrogens is 304 g/mol. The van der Waals surface area contributed by atoms with Crippen LogP contribution < -0.4 is 10.6 Å². The second-order valence-electron chi connectivity index (χ2n) is 4.57. The molecule has 0 spiro atoms. The number of aryl methyl sites for hydroxylation is 1. The minimum absolute atomic E-state index is 0.274. The average molecular weight is 320 g/mol. The van der Waals surface area contributed by atoms with Gasteiger partial charge in [0, 0.05) is 12.6 Å². The van der Waals surface area contributed by atoms with Crippen molar-refractivity contribution in [3.05, 3.63) is 29.8 Å². The summed E-state index contributed by atoms with van der Waals surface area (Å²) in [6, 6.07) is 7.13. The molecular formula is C14H16N4O3S. The van der Waals surface area contributed by atoms with Gasteiger partial charge in [0.05, 0.1) is 5.25 Å². The van der Waals surface area contributed by atoms with Crippen molar-refractivity contribution in [2.45, 2.75) is 24.3 Å². The molecule has 1 aromatic heterocycles. The summed E-state index contributed by atoms with van der Waals surface area (Å²) >= 11 is 1.09. The van der Waals surface area contributed by atoms with Crippen LogP contribution in [0.5, 0.6) is 0 Å². The molecule has 116 valence electrons. The molecule has 0 aliphatic rings. The number of nitrogens with one attached hydrogen (secondary N) is 2. The summed E-state index contributed by atoms with van der Waals surface area (Å²) < 4.78 is 5.54. The van der Waals surface area contributed by atoms with Crippen molar-refractivity contribution in [2.75, 3.05) is 7.05 Å². The van der Waals surface area contributed by atoms with Gasteiger partial charge in [0.2, 0.25) is 11.8 Å². The number of urea groups is 1. The number of nitrogens with zero attached hydrogens (tertiary/aromatic N) is 2. The zero-order valence-electron chi connectivity index (χ0n) is 12.4. The Morgan fingerprint density at radius 3 is 2.77 bits per heavy atom. The Labute approximate surface area is 131 Å². The van der Waals surface area contributed by atoms with Crippen LogP contribution in [0.25, 0.3) is 11.5 Å². The second-order valence-corrected chi connectivity index (χ2v) is 5.86. The van der Waals surface area contributed by atoms with Gasteiger partial charge < -0.3 is 9.73 Å². The first-order valence-corrected chi connectivity index (χ1v) is 7.47. The number of hydrogen-bond donors (Lipinski definition) is 2.